The van der Waals surface area contributed by atoms with Crippen molar-refractivity contribution in [2.75, 3.05) is 6.54 Å². The molecule has 0 spiro atoms. The van der Waals surface area contributed by atoms with Crippen molar-refractivity contribution in [2.45, 2.75) is 24.9 Å². The Hall–Kier alpha value is -3.57. The van der Waals surface area contributed by atoms with Crippen molar-refractivity contribution in [3.05, 3.63) is 106 Å². The minimum Gasteiger partial charge on any atom is -0.356 e. The maximum atomic E-state index is 13.4. The number of para-hydroxylation sites is 1. The Bertz CT molecular complexity index is 1390. The number of amides is 2. The predicted octanol–water partition coefficient (Wildman–Crippen LogP) is 4.65. The number of nitrogens with zero attached hydrogens (tertiary/aromatic N) is 1. The maximum Gasteiger partial charge on any atom is 0.255 e. The normalized spacial score (nSPS) is 18.7. The molecule has 3 aromatic carbocycles. The highest BCUT2D eigenvalue weighted by molar-refractivity contribution is 6.30. The molecule has 0 bridgehead atoms. The number of carbonyl (C=O) groups is 2. The van der Waals surface area contributed by atoms with E-state index in [0.717, 1.165) is 33.3 Å². The van der Waals surface area contributed by atoms with Gasteiger partial charge in [0.2, 0.25) is 5.91 Å². The molecule has 2 atom stereocenters. The van der Waals surface area contributed by atoms with Gasteiger partial charge in [-0.05, 0) is 47.4 Å². The first-order chi connectivity index (χ1) is 16.1. The summed E-state index contributed by atoms with van der Waals surface area (Å²) in [4.78, 5) is 32.1. The van der Waals surface area contributed by atoms with Gasteiger partial charge in [-0.2, -0.15) is 0 Å². The van der Waals surface area contributed by atoms with Crippen LogP contribution >= 0.6 is 11.6 Å². The molecule has 2 unspecified atom stereocenters. The number of carbonyl (C=O) groups excluding carboxylic acids is 2. The van der Waals surface area contributed by atoms with Gasteiger partial charge >= 0.3 is 0 Å². The smallest absolute Gasteiger partial charge is 0.255 e. The van der Waals surface area contributed by atoms with Crippen molar-refractivity contribution in [3.63, 3.8) is 0 Å². The molecule has 2 aliphatic heterocycles. The van der Waals surface area contributed by atoms with Crippen LogP contribution in [-0.2, 0) is 17.6 Å². The fourth-order valence-electron chi connectivity index (χ4n) is 5.24. The predicted molar refractivity (Wildman–Crippen MR) is 128 cm³/mol. The number of hydrogen-bond acceptors (Lipinski definition) is 2. The van der Waals surface area contributed by atoms with E-state index in [4.69, 9.17) is 11.6 Å². The van der Waals surface area contributed by atoms with Crippen LogP contribution in [0.15, 0.2) is 72.8 Å². The summed E-state index contributed by atoms with van der Waals surface area (Å²) in [5, 5.41) is 4.88. The summed E-state index contributed by atoms with van der Waals surface area (Å²) in [7, 11) is 0. The number of aromatic nitrogens is 1. The first-order valence-corrected chi connectivity index (χ1v) is 11.5. The van der Waals surface area contributed by atoms with Crippen LogP contribution in [-0.4, -0.2) is 34.3 Å². The van der Waals surface area contributed by atoms with Crippen LogP contribution in [0.3, 0.4) is 0 Å². The first kappa shape index (κ1) is 20.1. The van der Waals surface area contributed by atoms with E-state index >= 15 is 0 Å². The molecule has 0 saturated carbocycles. The Labute approximate surface area is 196 Å². The second-order valence-corrected chi connectivity index (χ2v) is 9.09. The molecule has 164 valence electrons. The number of nitrogens with one attached hydrogen (secondary N) is 2. The maximum absolute atomic E-state index is 13.4. The minimum atomic E-state index is -0.563. The molecular formula is C27H22ClN3O2. The van der Waals surface area contributed by atoms with Gasteiger partial charge in [-0.15, -0.1) is 0 Å². The SMILES string of the molecule is O=C(NCCc1ccc(Cl)cc1)C1Cc2c([nH]c3ccccc23)C2c3ccccc3C(=O)N12. The molecule has 1 aromatic heterocycles. The van der Waals surface area contributed by atoms with E-state index in [2.05, 4.69) is 16.4 Å². The average molecular weight is 456 g/mol. The molecule has 33 heavy (non-hydrogen) atoms. The lowest BCUT2D eigenvalue weighted by Gasteiger charge is -2.37. The van der Waals surface area contributed by atoms with Crippen molar-refractivity contribution in [1.29, 1.82) is 0 Å². The van der Waals surface area contributed by atoms with Gasteiger partial charge in [0.05, 0.1) is 6.04 Å². The number of benzene rings is 3. The molecule has 0 fully saturated rings. The van der Waals surface area contributed by atoms with Crippen LogP contribution in [0.1, 0.15) is 38.8 Å². The topological polar surface area (TPSA) is 65.2 Å². The second-order valence-electron chi connectivity index (χ2n) is 8.65. The fourth-order valence-corrected chi connectivity index (χ4v) is 5.36. The third-order valence-corrected chi connectivity index (χ3v) is 7.03. The van der Waals surface area contributed by atoms with Gasteiger partial charge in [-0.1, -0.05) is 60.1 Å². The Morgan fingerprint density at radius 3 is 2.64 bits per heavy atom. The molecule has 5 nitrogen and oxygen atoms in total. The third-order valence-electron chi connectivity index (χ3n) is 6.78. The second kappa shape index (κ2) is 7.78. The largest absolute Gasteiger partial charge is 0.356 e. The minimum absolute atomic E-state index is 0.0854. The zero-order valence-electron chi connectivity index (χ0n) is 17.8. The monoisotopic (exact) mass is 455 g/mol. The van der Waals surface area contributed by atoms with Gasteiger partial charge in [0, 0.05) is 40.1 Å². The van der Waals surface area contributed by atoms with Crippen LogP contribution in [0.5, 0.6) is 0 Å². The fraction of sp³-hybridized carbons (Fsp3) is 0.185. The summed E-state index contributed by atoms with van der Waals surface area (Å²) < 4.78 is 0. The van der Waals surface area contributed by atoms with Gasteiger partial charge in [0.25, 0.3) is 5.91 Å². The number of H-pyrrole nitrogens is 1. The summed E-state index contributed by atoms with van der Waals surface area (Å²) in [5.74, 6) is -0.205. The zero-order chi connectivity index (χ0) is 22.5. The van der Waals surface area contributed by atoms with E-state index in [1.807, 2.05) is 66.7 Å². The summed E-state index contributed by atoms with van der Waals surface area (Å²) in [6, 6.07) is 22.6. The number of rotatable bonds is 4. The molecule has 0 saturated heterocycles. The molecule has 6 heteroatoms. The van der Waals surface area contributed by atoms with Gasteiger partial charge in [0.1, 0.15) is 6.04 Å². The van der Waals surface area contributed by atoms with Gasteiger partial charge in [-0.3, -0.25) is 9.59 Å². The van der Waals surface area contributed by atoms with Gasteiger partial charge < -0.3 is 15.2 Å². The lowest BCUT2D eigenvalue weighted by atomic mass is 9.90. The zero-order valence-corrected chi connectivity index (χ0v) is 18.6. The number of fused-ring (bicyclic) bond motifs is 7. The van der Waals surface area contributed by atoms with E-state index < -0.39 is 6.04 Å². The highest BCUT2D eigenvalue weighted by Crippen LogP contribution is 2.46. The summed E-state index contributed by atoms with van der Waals surface area (Å²) in [5.41, 5.74) is 5.89. The van der Waals surface area contributed by atoms with Crippen LogP contribution < -0.4 is 5.32 Å². The summed E-state index contributed by atoms with van der Waals surface area (Å²) in [6.45, 7) is 0.497. The molecule has 3 heterocycles. The van der Waals surface area contributed by atoms with E-state index in [1.54, 1.807) is 4.90 Å². The Morgan fingerprint density at radius 2 is 1.79 bits per heavy atom. The Morgan fingerprint density at radius 1 is 1.03 bits per heavy atom. The van der Waals surface area contributed by atoms with E-state index in [0.29, 0.717) is 30.0 Å². The van der Waals surface area contributed by atoms with E-state index in [-0.39, 0.29) is 17.9 Å². The molecule has 2 N–H and O–H groups in total. The molecule has 6 rings (SSSR count). The highest BCUT2D eigenvalue weighted by atomic mass is 35.5. The molecule has 0 radical (unpaired) electrons. The Balaban J connectivity index is 1.34. The van der Waals surface area contributed by atoms with E-state index in [9.17, 15) is 9.59 Å². The lowest BCUT2D eigenvalue weighted by Crippen LogP contribution is -2.52. The van der Waals surface area contributed by atoms with Crippen molar-refractivity contribution in [3.8, 4) is 0 Å². The number of hydrogen-bond donors (Lipinski definition) is 2. The summed E-state index contributed by atoms with van der Waals surface area (Å²) >= 11 is 5.96. The number of halogens is 1. The standard InChI is InChI=1S/C27H22ClN3O2/c28-17-11-9-16(10-12-17)13-14-29-26(32)23-15-21-18-5-3-4-8-22(18)30-24(21)25-19-6-1-2-7-20(19)27(33)31(23)25/h1-12,23,25,30H,13-15H2,(H,29,32). The van der Waals surface area contributed by atoms with Crippen LogP contribution in [0, 0.1) is 0 Å². The molecular weight excluding hydrogens is 434 g/mol. The highest BCUT2D eigenvalue weighted by Gasteiger charge is 2.48. The quantitative estimate of drug-likeness (QED) is 0.470. The van der Waals surface area contributed by atoms with Crippen molar-refractivity contribution >= 4 is 34.3 Å². The van der Waals surface area contributed by atoms with Crippen LogP contribution in [0.2, 0.25) is 5.02 Å². The Kier molecular flexibility index (Phi) is 4.73. The molecule has 2 aliphatic rings. The first-order valence-electron chi connectivity index (χ1n) is 11.1. The lowest BCUT2D eigenvalue weighted by molar-refractivity contribution is -0.126. The van der Waals surface area contributed by atoms with Crippen molar-refractivity contribution in [1.82, 2.24) is 15.2 Å². The summed E-state index contributed by atoms with van der Waals surface area (Å²) in [6.07, 6.45) is 1.19. The molecule has 0 aliphatic carbocycles. The van der Waals surface area contributed by atoms with Gasteiger partial charge in [0.15, 0.2) is 0 Å². The molecule has 2 amide bonds. The van der Waals surface area contributed by atoms with Crippen molar-refractivity contribution in [2.24, 2.45) is 0 Å². The van der Waals surface area contributed by atoms with E-state index in [1.165, 1.54) is 0 Å². The number of aromatic amines is 1. The van der Waals surface area contributed by atoms with Gasteiger partial charge in [-0.25, -0.2) is 0 Å². The molecule has 4 aromatic rings. The van der Waals surface area contributed by atoms with Crippen LogP contribution in [0.4, 0.5) is 0 Å². The van der Waals surface area contributed by atoms with Crippen molar-refractivity contribution < 1.29 is 9.59 Å². The average Bonchev–Trinajstić information content (AvgIpc) is 3.36. The third kappa shape index (κ3) is 3.23. The van der Waals surface area contributed by atoms with Crippen LogP contribution in [0.25, 0.3) is 10.9 Å².